The van der Waals surface area contributed by atoms with Gasteiger partial charge in [-0.3, -0.25) is 9.59 Å². The second-order valence-corrected chi connectivity index (χ2v) is 7.35. The molecule has 0 bridgehead atoms. The molecule has 0 spiro atoms. The van der Waals surface area contributed by atoms with Gasteiger partial charge in [-0.25, -0.2) is 0 Å². The number of carbonyl (C=O) groups excluding carboxylic acids is 2. The molecular formula is C21H21Cl2N3O3. The number of hydrogen-bond donors (Lipinski definition) is 3. The van der Waals surface area contributed by atoms with Crippen LogP contribution >= 0.6 is 23.2 Å². The van der Waals surface area contributed by atoms with Gasteiger partial charge in [0.05, 0.1) is 5.02 Å². The third-order valence-electron chi connectivity index (χ3n) is 4.28. The Labute approximate surface area is 178 Å². The summed E-state index contributed by atoms with van der Waals surface area (Å²) in [7, 11) is 0. The van der Waals surface area contributed by atoms with Crippen LogP contribution in [0.4, 0.5) is 0 Å². The molecule has 3 aromatic rings. The van der Waals surface area contributed by atoms with Gasteiger partial charge in [-0.05, 0) is 43.7 Å². The summed E-state index contributed by atoms with van der Waals surface area (Å²) in [5.74, 6) is -0.0520. The van der Waals surface area contributed by atoms with Crippen molar-refractivity contribution in [1.82, 2.24) is 15.6 Å². The molecule has 0 radical (unpaired) electrons. The highest BCUT2D eigenvalue weighted by atomic mass is 35.5. The zero-order chi connectivity index (χ0) is 20.8. The Balaban J connectivity index is 1.38. The van der Waals surface area contributed by atoms with Crippen molar-refractivity contribution in [3.63, 3.8) is 0 Å². The molecule has 1 atom stereocenters. The molecule has 2 aromatic carbocycles. The van der Waals surface area contributed by atoms with Crippen LogP contribution in [0.1, 0.15) is 23.8 Å². The number of carbonyl (C=O) groups is 2. The van der Waals surface area contributed by atoms with Crippen molar-refractivity contribution in [2.45, 2.75) is 19.4 Å². The van der Waals surface area contributed by atoms with Gasteiger partial charge >= 0.3 is 0 Å². The SMILES string of the molecule is CC(Oc1ccc(Cl)cc1Cl)C(=O)NCCCNC(=O)c1cc2ccccc2[nH]1. The van der Waals surface area contributed by atoms with E-state index in [0.29, 0.717) is 41.0 Å². The number of benzene rings is 2. The minimum absolute atomic E-state index is 0.179. The average molecular weight is 434 g/mol. The summed E-state index contributed by atoms with van der Waals surface area (Å²) in [5, 5.41) is 7.43. The first-order chi connectivity index (χ1) is 13.9. The Bertz CT molecular complexity index is 986. The highest BCUT2D eigenvalue weighted by Gasteiger charge is 2.16. The summed E-state index contributed by atoms with van der Waals surface area (Å²) in [5.41, 5.74) is 1.43. The summed E-state index contributed by atoms with van der Waals surface area (Å²) in [6, 6.07) is 14.3. The minimum atomic E-state index is -0.713. The molecule has 1 heterocycles. The van der Waals surface area contributed by atoms with Crippen LogP contribution in [0.25, 0.3) is 10.9 Å². The first kappa shape index (κ1) is 21.0. The van der Waals surface area contributed by atoms with Crippen molar-refractivity contribution in [1.29, 1.82) is 0 Å². The van der Waals surface area contributed by atoms with Crippen LogP contribution in [0.2, 0.25) is 10.0 Å². The lowest BCUT2D eigenvalue weighted by atomic mass is 10.2. The summed E-state index contributed by atoms with van der Waals surface area (Å²) in [6.07, 6.45) is -0.124. The number of ether oxygens (including phenoxy) is 1. The van der Waals surface area contributed by atoms with Gasteiger partial charge < -0.3 is 20.4 Å². The molecule has 0 fully saturated rings. The van der Waals surface area contributed by atoms with Gasteiger partial charge in [-0.2, -0.15) is 0 Å². The molecule has 1 aromatic heterocycles. The number of para-hydroxylation sites is 1. The smallest absolute Gasteiger partial charge is 0.267 e. The van der Waals surface area contributed by atoms with E-state index in [1.165, 1.54) is 0 Å². The van der Waals surface area contributed by atoms with E-state index in [1.807, 2.05) is 30.3 Å². The van der Waals surface area contributed by atoms with Crippen LogP contribution in [0.15, 0.2) is 48.5 Å². The number of hydrogen-bond acceptors (Lipinski definition) is 3. The monoisotopic (exact) mass is 433 g/mol. The maximum absolute atomic E-state index is 12.2. The molecular weight excluding hydrogens is 413 g/mol. The van der Waals surface area contributed by atoms with Gasteiger partial charge in [0.15, 0.2) is 6.10 Å². The number of nitrogens with one attached hydrogen (secondary N) is 3. The van der Waals surface area contributed by atoms with E-state index in [1.54, 1.807) is 25.1 Å². The Morgan fingerprint density at radius 3 is 2.59 bits per heavy atom. The van der Waals surface area contributed by atoms with Crippen LogP contribution in [0, 0.1) is 0 Å². The Morgan fingerprint density at radius 2 is 1.83 bits per heavy atom. The molecule has 8 heteroatoms. The van der Waals surface area contributed by atoms with Crippen LogP contribution in [0.5, 0.6) is 5.75 Å². The number of aromatic amines is 1. The Morgan fingerprint density at radius 1 is 1.07 bits per heavy atom. The summed E-state index contributed by atoms with van der Waals surface area (Å²) >= 11 is 11.9. The molecule has 152 valence electrons. The predicted molar refractivity (Wildman–Crippen MR) is 115 cm³/mol. The van der Waals surface area contributed by atoms with Crippen molar-refractivity contribution in [2.75, 3.05) is 13.1 Å². The van der Waals surface area contributed by atoms with E-state index < -0.39 is 6.10 Å². The van der Waals surface area contributed by atoms with Gasteiger partial charge in [0, 0.05) is 29.0 Å². The molecule has 3 rings (SSSR count). The number of amides is 2. The van der Waals surface area contributed by atoms with Crippen molar-refractivity contribution in [2.24, 2.45) is 0 Å². The van der Waals surface area contributed by atoms with Gasteiger partial charge in [-0.15, -0.1) is 0 Å². The minimum Gasteiger partial charge on any atom is -0.479 e. The van der Waals surface area contributed by atoms with E-state index in [2.05, 4.69) is 15.6 Å². The lowest BCUT2D eigenvalue weighted by Crippen LogP contribution is -2.38. The molecule has 3 N–H and O–H groups in total. The van der Waals surface area contributed by atoms with Crippen LogP contribution in [-0.4, -0.2) is 36.0 Å². The zero-order valence-corrected chi connectivity index (χ0v) is 17.3. The summed E-state index contributed by atoms with van der Waals surface area (Å²) in [4.78, 5) is 27.4. The van der Waals surface area contributed by atoms with E-state index >= 15 is 0 Å². The van der Waals surface area contributed by atoms with Crippen molar-refractivity contribution < 1.29 is 14.3 Å². The number of halogens is 2. The highest BCUT2D eigenvalue weighted by Crippen LogP contribution is 2.28. The molecule has 0 aliphatic heterocycles. The van der Waals surface area contributed by atoms with Gasteiger partial charge in [-0.1, -0.05) is 41.4 Å². The number of rotatable bonds is 8. The molecule has 0 saturated heterocycles. The van der Waals surface area contributed by atoms with Crippen molar-refractivity contribution >= 4 is 45.9 Å². The molecule has 6 nitrogen and oxygen atoms in total. The largest absolute Gasteiger partial charge is 0.479 e. The first-order valence-electron chi connectivity index (χ1n) is 9.19. The molecule has 2 amide bonds. The Kier molecular flexibility index (Phi) is 7.01. The lowest BCUT2D eigenvalue weighted by Gasteiger charge is -2.15. The standard InChI is InChI=1S/C21H21Cl2N3O3/c1-13(29-19-8-7-15(22)12-16(19)23)20(27)24-9-4-10-25-21(28)18-11-14-5-2-3-6-17(14)26-18/h2-3,5-8,11-13,26H,4,9-10H2,1H3,(H,24,27)(H,25,28). The maximum Gasteiger partial charge on any atom is 0.267 e. The number of fused-ring (bicyclic) bond motifs is 1. The van der Waals surface area contributed by atoms with Gasteiger partial charge in [0.2, 0.25) is 0 Å². The third kappa shape index (κ3) is 5.65. The van der Waals surface area contributed by atoms with E-state index in [4.69, 9.17) is 27.9 Å². The maximum atomic E-state index is 12.2. The zero-order valence-electron chi connectivity index (χ0n) is 15.8. The summed E-state index contributed by atoms with van der Waals surface area (Å²) in [6.45, 7) is 2.48. The van der Waals surface area contributed by atoms with E-state index in [-0.39, 0.29) is 11.8 Å². The molecule has 0 saturated carbocycles. The quantitative estimate of drug-likeness (QED) is 0.465. The highest BCUT2D eigenvalue weighted by molar-refractivity contribution is 6.35. The second kappa shape index (κ2) is 9.67. The summed E-state index contributed by atoms with van der Waals surface area (Å²) < 4.78 is 5.57. The van der Waals surface area contributed by atoms with Crippen LogP contribution in [-0.2, 0) is 4.79 Å². The first-order valence-corrected chi connectivity index (χ1v) is 9.95. The fourth-order valence-corrected chi connectivity index (χ4v) is 3.20. The van der Waals surface area contributed by atoms with E-state index in [9.17, 15) is 9.59 Å². The van der Waals surface area contributed by atoms with E-state index in [0.717, 1.165) is 10.9 Å². The van der Waals surface area contributed by atoms with Crippen LogP contribution < -0.4 is 15.4 Å². The third-order valence-corrected chi connectivity index (χ3v) is 4.81. The van der Waals surface area contributed by atoms with Crippen molar-refractivity contribution in [3.8, 4) is 5.75 Å². The number of H-pyrrole nitrogens is 1. The normalized spacial score (nSPS) is 11.8. The topological polar surface area (TPSA) is 83.2 Å². The fourth-order valence-electron chi connectivity index (χ4n) is 2.75. The van der Waals surface area contributed by atoms with Crippen molar-refractivity contribution in [3.05, 3.63) is 64.3 Å². The molecule has 1 unspecified atom stereocenters. The lowest BCUT2D eigenvalue weighted by molar-refractivity contribution is -0.127. The van der Waals surface area contributed by atoms with Gasteiger partial charge in [0.1, 0.15) is 11.4 Å². The molecule has 0 aliphatic rings. The van der Waals surface area contributed by atoms with Crippen LogP contribution in [0.3, 0.4) is 0 Å². The Hall–Kier alpha value is -2.70. The fraction of sp³-hybridized carbons (Fsp3) is 0.238. The second-order valence-electron chi connectivity index (χ2n) is 6.51. The predicted octanol–water partition coefficient (Wildman–Crippen LogP) is 4.18. The van der Waals surface area contributed by atoms with Gasteiger partial charge in [0.25, 0.3) is 11.8 Å². The number of aromatic nitrogens is 1. The molecule has 0 aliphatic carbocycles. The molecule has 29 heavy (non-hydrogen) atoms. The average Bonchev–Trinajstić information content (AvgIpc) is 3.14.